The molecule has 0 bridgehead atoms. The lowest BCUT2D eigenvalue weighted by atomic mass is 10.0. The van der Waals surface area contributed by atoms with E-state index in [4.69, 9.17) is 4.74 Å². The van der Waals surface area contributed by atoms with Crippen molar-refractivity contribution in [2.75, 3.05) is 12.5 Å². The predicted molar refractivity (Wildman–Crippen MR) is 115 cm³/mol. The standard InChI is InChI=1S/C23H26N4O/c1-4-5-9-18-12-14-19(15-13-18)17(2)26-27-21-16-22(28-3)25-23(24-21)20-10-7-6-8-11-20/h6-8,10-16H,4-5,9H2,1-3H3,(H,24,25,27)/b26-17-. The minimum atomic E-state index is 0.490. The van der Waals surface area contributed by atoms with E-state index >= 15 is 0 Å². The third kappa shape index (κ3) is 5.16. The fraction of sp³-hybridized carbons (Fsp3) is 0.261. The number of aryl methyl sites for hydroxylation is 1. The molecule has 0 aliphatic rings. The lowest BCUT2D eigenvalue weighted by molar-refractivity contribution is 0.398. The molecule has 144 valence electrons. The zero-order valence-electron chi connectivity index (χ0n) is 16.6. The average molecular weight is 374 g/mol. The lowest BCUT2D eigenvalue weighted by Crippen LogP contribution is -2.03. The molecule has 0 saturated carbocycles. The number of hydrogen-bond donors (Lipinski definition) is 1. The molecule has 0 unspecified atom stereocenters. The van der Waals surface area contributed by atoms with E-state index in [0.717, 1.165) is 23.3 Å². The maximum absolute atomic E-state index is 5.31. The summed E-state index contributed by atoms with van der Waals surface area (Å²) in [5, 5.41) is 4.49. The number of nitrogens with zero attached hydrogens (tertiary/aromatic N) is 3. The van der Waals surface area contributed by atoms with Gasteiger partial charge in [0.25, 0.3) is 0 Å². The molecule has 1 aromatic heterocycles. The van der Waals surface area contributed by atoms with Crippen LogP contribution in [0, 0.1) is 0 Å². The van der Waals surface area contributed by atoms with Crippen LogP contribution in [0.3, 0.4) is 0 Å². The maximum atomic E-state index is 5.31. The van der Waals surface area contributed by atoms with E-state index < -0.39 is 0 Å². The Bertz CT molecular complexity index is 921. The van der Waals surface area contributed by atoms with E-state index in [9.17, 15) is 0 Å². The summed E-state index contributed by atoms with van der Waals surface area (Å²) in [4.78, 5) is 8.98. The smallest absolute Gasteiger partial charge is 0.218 e. The van der Waals surface area contributed by atoms with E-state index in [1.807, 2.05) is 37.3 Å². The molecule has 1 N–H and O–H groups in total. The third-order valence-corrected chi connectivity index (χ3v) is 4.47. The van der Waals surface area contributed by atoms with Crippen LogP contribution in [0.1, 0.15) is 37.8 Å². The van der Waals surface area contributed by atoms with Gasteiger partial charge in [0.05, 0.1) is 12.8 Å². The molecule has 0 atom stereocenters. The molecule has 3 aromatic rings. The van der Waals surface area contributed by atoms with Crippen LogP contribution in [-0.4, -0.2) is 22.8 Å². The summed E-state index contributed by atoms with van der Waals surface area (Å²) in [6, 6.07) is 20.1. The second-order valence-corrected chi connectivity index (χ2v) is 6.59. The molecular formula is C23H26N4O. The topological polar surface area (TPSA) is 59.4 Å². The van der Waals surface area contributed by atoms with E-state index in [1.54, 1.807) is 13.2 Å². The van der Waals surface area contributed by atoms with Crippen LogP contribution in [0.15, 0.2) is 65.8 Å². The number of nitrogens with one attached hydrogen (secondary N) is 1. The summed E-state index contributed by atoms with van der Waals surface area (Å²) in [6.07, 6.45) is 3.54. The maximum Gasteiger partial charge on any atom is 0.218 e. The summed E-state index contributed by atoms with van der Waals surface area (Å²) in [5.74, 6) is 1.67. The van der Waals surface area contributed by atoms with Crippen molar-refractivity contribution in [2.45, 2.75) is 33.1 Å². The summed E-state index contributed by atoms with van der Waals surface area (Å²) in [5.41, 5.74) is 7.29. The van der Waals surface area contributed by atoms with Crippen LogP contribution < -0.4 is 10.2 Å². The van der Waals surface area contributed by atoms with Crippen LogP contribution in [0.4, 0.5) is 5.82 Å². The summed E-state index contributed by atoms with van der Waals surface area (Å²) < 4.78 is 5.31. The van der Waals surface area contributed by atoms with Gasteiger partial charge < -0.3 is 4.74 Å². The Hall–Kier alpha value is -3.21. The molecule has 5 heteroatoms. The first-order chi connectivity index (χ1) is 13.7. The Labute approximate surface area is 166 Å². The SMILES string of the molecule is CCCCc1ccc(/C(C)=N\Nc2cc(OC)nc(-c3ccccc3)n2)cc1. The van der Waals surface area contributed by atoms with Crippen LogP contribution in [0.25, 0.3) is 11.4 Å². The van der Waals surface area contributed by atoms with E-state index in [0.29, 0.717) is 17.5 Å². The van der Waals surface area contributed by atoms with Gasteiger partial charge in [0.2, 0.25) is 5.88 Å². The normalized spacial score (nSPS) is 11.3. The van der Waals surface area contributed by atoms with E-state index in [2.05, 4.69) is 51.7 Å². The molecule has 0 saturated heterocycles. The number of methoxy groups -OCH3 is 1. The number of hydrazone groups is 1. The van der Waals surface area contributed by atoms with Gasteiger partial charge in [-0.15, -0.1) is 0 Å². The fourth-order valence-electron chi connectivity index (χ4n) is 2.80. The first-order valence-corrected chi connectivity index (χ1v) is 9.57. The highest BCUT2D eigenvalue weighted by molar-refractivity contribution is 5.99. The highest BCUT2D eigenvalue weighted by Crippen LogP contribution is 2.21. The first kappa shape index (κ1) is 19.5. The Balaban J connectivity index is 1.77. The highest BCUT2D eigenvalue weighted by atomic mass is 16.5. The number of rotatable bonds is 8. The second-order valence-electron chi connectivity index (χ2n) is 6.59. The number of ether oxygens (including phenoxy) is 1. The van der Waals surface area contributed by atoms with Crippen LogP contribution in [0.2, 0.25) is 0 Å². The Kier molecular flexibility index (Phi) is 6.73. The van der Waals surface area contributed by atoms with Crippen LogP contribution in [-0.2, 0) is 6.42 Å². The van der Waals surface area contributed by atoms with E-state index in [-0.39, 0.29) is 0 Å². The Morgan fingerprint density at radius 3 is 2.46 bits per heavy atom. The molecule has 0 radical (unpaired) electrons. The van der Waals surface area contributed by atoms with Gasteiger partial charge in [-0.3, -0.25) is 5.43 Å². The van der Waals surface area contributed by atoms with Crippen molar-refractivity contribution in [3.8, 4) is 17.3 Å². The first-order valence-electron chi connectivity index (χ1n) is 9.57. The minimum absolute atomic E-state index is 0.490. The third-order valence-electron chi connectivity index (χ3n) is 4.47. The lowest BCUT2D eigenvalue weighted by Gasteiger charge is -2.08. The number of benzene rings is 2. The Morgan fingerprint density at radius 1 is 1.04 bits per heavy atom. The molecule has 2 aromatic carbocycles. The predicted octanol–water partition coefficient (Wildman–Crippen LogP) is 5.33. The van der Waals surface area contributed by atoms with Crippen molar-refractivity contribution >= 4 is 11.5 Å². The van der Waals surface area contributed by atoms with Crippen molar-refractivity contribution in [3.63, 3.8) is 0 Å². The van der Waals surface area contributed by atoms with Gasteiger partial charge in [0, 0.05) is 11.6 Å². The van der Waals surface area contributed by atoms with Crippen LogP contribution >= 0.6 is 0 Å². The molecule has 0 amide bonds. The number of aromatic nitrogens is 2. The Morgan fingerprint density at radius 2 is 1.79 bits per heavy atom. The van der Waals surface area contributed by atoms with Gasteiger partial charge in [-0.2, -0.15) is 10.1 Å². The van der Waals surface area contributed by atoms with Gasteiger partial charge >= 0.3 is 0 Å². The van der Waals surface area contributed by atoms with Gasteiger partial charge in [0.15, 0.2) is 11.6 Å². The molecule has 3 rings (SSSR count). The summed E-state index contributed by atoms with van der Waals surface area (Å²) in [7, 11) is 1.59. The van der Waals surface area contributed by atoms with Crippen molar-refractivity contribution in [2.24, 2.45) is 5.10 Å². The summed E-state index contributed by atoms with van der Waals surface area (Å²) >= 11 is 0. The van der Waals surface area contributed by atoms with Crippen molar-refractivity contribution in [1.82, 2.24) is 9.97 Å². The van der Waals surface area contributed by atoms with Crippen molar-refractivity contribution in [3.05, 3.63) is 71.8 Å². The quantitative estimate of drug-likeness (QED) is 0.427. The number of unbranched alkanes of at least 4 members (excludes halogenated alkanes) is 1. The van der Waals surface area contributed by atoms with Crippen LogP contribution in [0.5, 0.6) is 5.88 Å². The molecule has 0 spiro atoms. The molecule has 5 nitrogen and oxygen atoms in total. The van der Waals surface area contributed by atoms with Crippen molar-refractivity contribution < 1.29 is 4.74 Å². The molecule has 0 aliphatic heterocycles. The number of anilines is 1. The molecule has 1 heterocycles. The number of hydrogen-bond acceptors (Lipinski definition) is 5. The van der Waals surface area contributed by atoms with Gasteiger partial charge in [-0.05, 0) is 30.9 Å². The monoisotopic (exact) mass is 374 g/mol. The van der Waals surface area contributed by atoms with Crippen molar-refractivity contribution in [1.29, 1.82) is 0 Å². The van der Waals surface area contributed by atoms with Gasteiger partial charge in [-0.25, -0.2) is 4.98 Å². The molecule has 28 heavy (non-hydrogen) atoms. The van der Waals surface area contributed by atoms with E-state index in [1.165, 1.54) is 18.4 Å². The minimum Gasteiger partial charge on any atom is -0.481 e. The zero-order chi connectivity index (χ0) is 19.8. The second kappa shape index (κ2) is 9.65. The molecular weight excluding hydrogens is 348 g/mol. The highest BCUT2D eigenvalue weighted by Gasteiger charge is 2.07. The zero-order valence-corrected chi connectivity index (χ0v) is 16.6. The largest absolute Gasteiger partial charge is 0.481 e. The van der Waals surface area contributed by atoms with Gasteiger partial charge in [-0.1, -0.05) is 67.9 Å². The average Bonchev–Trinajstić information content (AvgIpc) is 2.76. The fourth-order valence-corrected chi connectivity index (χ4v) is 2.80. The van der Waals surface area contributed by atoms with Gasteiger partial charge in [0.1, 0.15) is 0 Å². The molecule has 0 fully saturated rings. The summed E-state index contributed by atoms with van der Waals surface area (Å²) in [6.45, 7) is 4.19. The molecule has 0 aliphatic carbocycles.